The van der Waals surface area contributed by atoms with Crippen molar-refractivity contribution in [2.45, 2.75) is 32.9 Å². The minimum Gasteiger partial charge on any atom is -0.354 e. The molecule has 0 aliphatic heterocycles. The summed E-state index contributed by atoms with van der Waals surface area (Å²) < 4.78 is 16.0. The number of imidazole rings is 1. The number of hydrogen-bond acceptors (Lipinski definition) is 3. The second-order valence-electron chi connectivity index (χ2n) is 6.44. The van der Waals surface area contributed by atoms with Crippen LogP contribution in [0.1, 0.15) is 22.2 Å². The van der Waals surface area contributed by atoms with Crippen LogP contribution in [0.5, 0.6) is 0 Å². The number of aliphatic imine (C=N–C) groups is 1. The van der Waals surface area contributed by atoms with E-state index in [1.54, 1.807) is 36.4 Å². The Morgan fingerprint density at radius 2 is 2.14 bits per heavy atom. The maximum absolute atomic E-state index is 14.4. The second-order valence-corrected chi connectivity index (χ2v) is 7.82. The molecule has 8 heteroatoms. The molecule has 2 aromatic heterocycles. The topological polar surface area (TPSA) is 54.2 Å². The quantitative estimate of drug-likeness (QED) is 0.294. The zero-order valence-corrected chi connectivity index (χ0v) is 19.3. The molecule has 0 fully saturated rings. The fourth-order valence-corrected chi connectivity index (χ4v) is 3.85. The molecule has 0 bridgehead atoms. The fraction of sp³-hybridized carbons (Fsp3) is 0.300. The smallest absolute Gasteiger partial charge is 0.191 e. The number of halogens is 2. The van der Waals surface area contributed by atoms with Crippen molar-refractivity contribution in [3.05, 3.63) is 70.2 Å². The maximum Gasteiger partial charge on any atom is 0.191 e. The number of nitrogens with one attached hydrogen (secondary N) is 2. The summed E-state index contributed by atoms with van der Waals surface area (Å²) >= 11 is 1.81. The molecular formula is C20H25FIN5S. The molecule has 0 radical (unpaired) electrons. The summed E-state index contributed by atoms with van der Waals surface area (Å²) in [5.41, 5.74) is 1.33. The van der Waals surface area contributed by atoms with Crippen molar-refractivity contribution in [1.29, 1.82) is 0 Å². The van der Waals surface area contributed by atoms with Gasteiger partial charge in [-0.05, 0) is 43.7 Å². The molecule has 3 rings (SSSR count). The lowest BCUT2D eigenvalue weighted by Gasteiger charge is -2.17. The molecule has 3 aromatic rings. The maximum atomic E-state index is 14.4. The van der Waals surface area contributed by atoms with Gasteiger partial charge in [-0.25, -0.2) is 9.37 Å². The van der Waals surface area contributed by atoms with Crippen molar-refractivity contribution in [1.82, 2.24) is 20.2 Å². The van der Waals surface area contributed by atoms with Gasteiger partial charge in [0.1, 0.15) is 5.82 Å². The van der Waals surface area contributed by atoms with Gasteiger partial charge in [0.05, 0.1) is 12.0 Å². The van der Waals surface area contributed by atoms with Crippen LogP contribution in [0.25, 0.3) is 5.69 Å². The molecule has 0 saturated carbocycles. The lowest BCUT2D eigenvalue weighted by atomic mass is 10.2. The zero-order chi connectivity index (χ0) is 19.2. The number of guanidine groups is 1. The molecule has 5 nitrogen and oxygen atoms in total. The summed E-state index contributed by atoms with van der Waals surface area (Å²) in [5.74, 6) is 0.423. The highest BCUT2D eigenvalue weighted by atomic mass is 127. The molecule has 1 atom stereocenters. The first kappa shape index (κ1) is 22.4. The molecule has 0 amide bonds. The van der Waals surface area contributed by atoms with Gasteiger partial charge in [-0.15, -0.1) is 35.3 Å². The third-order valence-electron chi connectivity index (χ3n) is 4.16. The highest BCUT2D eigenvalue weighted by Gasteiger charge is 2.09. The average molecular weight is 513 g/mol. The van der Waals surface area contributed by atoms with Crippen molar-refractivity contribution >= 4 is 41.3 Å². The Kier molecular flexibility index (Phi) is 8.43. The van der Waals surface area contributed by atoms with Gasteiger partial charge in [0.2, 0.25) is 0 Å². The van der Waals surface area contributed by atoms with E-state index in [4.69, 9.17) is 0 Å². The van der Waals surface area contributed by atoms with Crippen LogP contribution in [-0.4, -0.2) is 28.6 Å². The normalized spacial score (nSPS) is 12.4. The van der Waals surface area contributed by atoms with Gasteiger partial charge in [-0.1, -0.05) is 6.07 Å². The third kappa shape index (κ3) is 6.03. The molecule has 28 heavy (non-hydrogen) atoms. The lowest BCUT2D eigenvalue weighted by Crippen LogP contribution is -2.42. The molecule has 2 N–H and O–H groups in total. The van der Waals surface area contributed by atoms with Crippen LogP contribution in [-0.2, 0) is 13.0 Å². The molecule has 0 aliphatic carbocycles. The highest BCUT2D eigenvalue weighted by Crippen LogP contribution is 2.17. The summed E-state index contributed by atoms with van der Waals surface area (Å²) in [5, 5.41) is 6.63. The van der Waals surface area contributed by atoms with Crippen molar-refractivity contribution < 1.29 is 4.39 Å². The van der Waals surface area contributed by atoms with Gasteiger partial charge >= 0.3 is 0 Å². The standard InChI is InChI=1S/C20H24FN5S.HI/c1-14(10-17-6-4-15(2)27-17)25-20(22-3)24-12-16-5-7-19(18(21)11-16)26-9-8-23-13-26;/h4-9,11,13-14H,10,12H2,1-3H3,(H2,22,24,25);1H. The fourth-order valence-electron chi connectivity index (χ4n) is 2.83. The van der Waals surface area contributed by atoms with Crippen molar-refractivity contribution in [3.8, 4) is 5.69 Å². The molecule has 0 spiro atoms. The van der Waals surface area contributed by atoms with E-state index in [2.05, 4.69) is 46.6 Å². The number of aromatic nitrogens is 2. The van der Waals surface area contributed by atoms with Gasteiger partial charge in [0.25, 0.3) is 0 Å². The Labute approximate surface area is 186 Å². The minimum absolute atomic E-state index is 0. The Hall–Kier alpha value is -1.94. The number of benzene rings is 1. The largest absolute Gasteiger partial charge is 0.354 e. The van der Waals surface area contributed by atoms with Gasteiger partial charge in [0.15, 0.2) is 5.96 Å². The number of hydrogen-bond donors (Lipinski definition) is 2. The monoisotopic (exact) mass is 513 g/mol. The summed E-state index contributed by atoms with van der Waals surface area (Å²) in [6.45, 7) is 4.73. The van der Waals surface area contributed by atoms with Crippen LogP contribution >= 0.6 is 35.3 Å². The van der Waals surface area contributed by atoms with E-state index in [1.807, 2.05) is 17.4 Å². The van der Waals surface area contributed by atoms with Crippen LogP contribution < -0.4 is 10.6 Å². The van der Waals surface area contributed by atoms with Gasteiger partial charge in [0, 0.05) is 48.2 Å². The van der Waals surface area contributed by atoms with Crippen molar-refractivity contribution in [3.63, 3.8) is 0 Å². The predicted octanol–water partition coefficient (Wildman–Crippen LogP) is 4.30. The third-order valence-corrected chi connectivity index (χ3v) is 5.19. The van der Waals surface area contributed by atoms with Gasteiger partial charge in [-0.3, -0.25) is 4.99 Å². The van der Waals surface area contributed by atoms with Crippen LogP contribution in [0.4, 0.5) is 4.39 Å². The van der Waals surface area contributed by atoms with Crippen LogP contribution in [0.3, 0.4) is 0 Å². The van der Waals surface area contributed by atoms with Crippen LogP contribution in [0.15, 0.2) is 54.0 Å². The first-order valence-electron chi connectivity index (χ1n) is 8.84. The zero-order valence-electron chi connectivity index (χ0n) is 16.1. The molecule has 1 unspecified atom stereocenters. The Morgan fingerprint density at radius 3 is 2.75 bits per heavy atom. The number of aryl methyl sites for hydroxylation is 1. The van der Waals surface area contributed by atoms with Crippen molar-refractivity contribution in [2.24, 2.45) is 4.99 Å². The first-order chi connectivity index (χ1) is 13.0. The molecule has 150 valence electrons. The molecule has 1 aromatic carbocycles. The van der Waals surface area contributed by atoms with E-state index in [9.17, 15) is 4.39 Å². The van der Waals surface area contributed by atoms with Crippen LogP contribution in [0, 0.1) is 12.7 Å². The second kappa shape index (κ2) is 10.6. The number of thiophene rings is 1. The van der Waals surface area contributed by atoms with E-state index in [1.165, 1.54) is 15.8 Å². The van der Waals surface area contributed by atoms with E-state index >= 15 is 0 Å². The molecular weight excluding hydrogens is 488 g/mol. The summed E-state index contributed by atoms with van der Waals surface area (Å²) in [7, 11) is 1.74. The van der Waals surface area contributed by atoms with E-state index in [0.717, 1.165) is 12.0 Å². The molecule has 2 heterocycles. The molecule has 0 saturated heterocycles. The van der Waals surface area contributed by atoms with Gasteiger partial charge in [-0.2, -0.15) is 0 Å². The number of nitrogens with zero attached hydrogens (tertiary/aromatic N) is 3. The van der Waals surface area contributed by atoms with Crippen molar-refractivity contribution in [2.75, 3.05) is 7.05 Å². The average Bonchev–Trinajstić information content (AvgIpc) is 3.30. The summed E-state index contributed by atoms with van der Waals surface area (Å²) in [4.78, 5) is 10.9. The number of rotatable bonds is 6. The Balaban J connectivity index is 0.00000280. The summed E-state index contributed by atoms with van der Waals surface area (Å²) in [6.07, 6.45) is 5.87. The SMILES string of the molecule is CN=C(NCc1ccc(-n2ccnc2)c(F)c1)NC(C)Cc1ccc(C)s1.I. The molecule has 0 aliphatic rings. The Bertz CT molecular complexity index is 907. The van der Waals surface area contributed by atoms with E-state index in [-0.39, 0.29) is 35.8 Å². The minimum atomic E-state index is -0.281. The van der Waals surface area contributed by atoms with Gasteiger partial charge < -0.3 is 15.2 Å². The van der Waals surface area contributed by atoms with E-state index < -0.39 is 0 Å². The Morgan fingerprint density at radius 1 is 1.32 bits per heavy atom. The predicted molar refractivity (Wildman–Crippen MR) is 124 cm³/mol. The first-order valence-corrected chi connectivity index (χ1v) is 9.66. The highest BCUT2D eigenvalue weighted by molar-refractivity contribution is 14.0. The van der Waals surface area contributed by atoms with Crippen LogP contribution in [0.2, 0.25) is 0 Å². The summed E-state index contributed by atoms with van der Waals surface area (Å²) in [6, 6.07) is 9.74. The lowest BCUT2D eigenvalue weighted by molar-refractivity contribution is 0.613. The van der Waals surface area contributed by atoms with E-state index in [0.29, 0.717) is 18.2 Å².